The normalized spacial score (nSPS) is 37.6. The summed E-state index contributed by atoms with van der Waals surface area (Å²) in [7, 11) is 0. The average molecular weight is 223 g/mol. The smallest absolute Gasteiger partial charge is 0.149 e. The first-order valence-electron chi connectivity index (χ1n) is 6.73. The molecule has 3 aliphatic rings. The van der Waals surface area contributed by atoms with E-state index in [4.69, 9.17) is 5.73 Å². The lowest BCUT2D eigenvalue weighted by Crippen LogP contribution is -2.51. The zero-order chi connectivity index (χ0) is 11.9. The third-order valence-corrected chi connectivity index (χ3v) is 5.26. The molecule has 16 heavy (non-hydrogen) atoms. The Morgan fingerprint density at radius 3 is 2.31 bits per heavy atom. The summed E-state index contributed by atoms with van der Waals surface area (Å²) in [6.45, 7) is 6.71. The summed E-state index contributed by atoms with van der Waals surface area (Å²) in [4.78, 5) is 11.5. The van der Waals surface area contributed by atoms with E-state index >= 15 is 0 Å². The van der Waals surface area contributed by atoms with Crippen molar-refractivity contribution >= 4 is 5.78 Å². The maximum absolute atomic E-state index is 11.5. The molecule has 3 rings (SSSR count). The molecule has 0 heterocycles. The van der Waals surface area contributed by atoms with Gasteiger partial charge in [-0.1, -0.05) is 20.8 Å². The fourth-order valence-electron chi connectivity index (χ4n) is 3.77. The maximum atomic E-state index is 11.5. The first-order valence-corrected chi connectivity index (χ1v) is 6.73. The molecule has 0 amide bonds. The van der Waals surface area contributed by atoms with Crippen molar-refractivity contribution < 1.29 is 4.79 Å². The highest BCUT2D eigenvalue weighted by Crippen LogP contribution is 2.61. The highest BCUT2D eigenvalue weighted by molar-refractivity contribution is 5.83. The highest BCUT2D eigenvalue weighted by atomic mass is 16.1. The van der Waals surface area contributed by atoms with Gasteiger partial charge >= 0.3 is 0 Å². The maximum Gasteiger partial charge on any atom is 0.149 e. The summed E-state index contributed by atoms with van der Waals surface area (Å²) in [5.41, 5.74) is 6.50. The van der Waals surface area contributed by atoms with Gasteiger partial charge in [0.2, 0.25) is 0 Å². The molecule has 3 unspecified atom stereocenters. The van der Waals surface area contributed by atoms with Gasteiger partial charge < -0.3 is 5.73 Å². The van der Waals surface area contributed by atoms with Gasteiger partial charge in [0.25, 0.3) is 0 Å². The summed E-state index contributed by atoms with van der Waals surface area (Å²) in [5, 5.41) is 0. The second kappa shape index (κ2) is 4.14. The third-order valence-electron chi connectivity index (χ3n) is 5.26. The van der Waals surface area contributed by atoms with Crippen LogP contribution < -0.4 is 5.73 Å². The fraction of sp³-hybridized carbons (Fsp3) is 0.929. The molecule has 0 spiro atoms. The zero-order valence-electron chi connectivity index (χ0n) is 10.8. The van der Waals surface area contributed by atoms with Crippen LogP contribution in [0.2, 0.25) is 0 Å². The molecule has 3 atom stereocenters. The molecule has 2 heteroatoms. The third kappa shape index (κ3) is 1.92. The average Bonchev–Trinajstić information content (AvgIpc) is 2.28. The Balaban J connectivity index is 1.85. The molecule has 2 bridgehead atoms. The standard InChI is InChI=1S/C14H25NO/c1-4-13(16)12(15)7-9-5-10-8-11(6-9)14(10,2)3/h9-12H,4-8,15H2,1-3H3. The Morgan fingerprint density at radius 2 is 1.88 bits per heavy atom. The predicted octanol–water partition coefficient (Wildman–Crippen LogP) is 2.76. The first-order chi connectivity index (χ1) is 7.45. The van der Waals surface area contributed by atoms with E-state index in [-0.39, 0.29) is 11.8 Å². The van der Waals surface area contributed by atoms with Gasteiger partial charge in [0.1, 0.15) is 5.78 Å². The topological polar surface area (TPSA) is 43.1 Å². The van der Waals surface area contributed by atoms with Gasteiger partial charge in [0.05, 0.1) is 6.04 Å². The molecule has 0 aromatic carbocycles. The van der Waals surface area contributed by atoms with E-state index in [9.17, 15) is 4.79 Å². The van der Waals surface area contributed by atoms with Gasteiger partial charge in [-0.05, 0) is 48.9 Å². The zero-order valence-corrected chi connectivity index (χ0v) is 10.8. The molecular formula is C14H25NO. The Labute approximate surface area is 99.0 Å². The van der Waals surface area contributed by atoms with Crippen LogP contribution in [0.15, 0.2) is 0 Å². The molecule has 3 fully saturated rings. The molecular weight excluding hydrogens is 198 g/mol. The Kier molecular flexibility index (Phi) is 3.13. The SMILES string of the molecule is CCC(=O)C(N)CC1CC2CC(C1)C2(C)C. The predicted molar refractivity (Wildman–Crippen MR) is 66.0 cm³/mol. The molecule has 3 aliphatic carbocycles. The molecule has 0 aromatic heterocycles. The van der Waals surface area contributed by atoms with Crippen LogP contribution >= 0.6 is 0 Å². The molecule has 0 aromatic rings. The number of hydrogen-bond donors (Lipinski definition) is 1. The lowest BCUT2D eigenvalue weighted by Gasteiger charge is -2.59. The van der Waals surface area contributed by atoms with Gasteiger partial charge in [-0.3, -0.25) is 4.79 Å². The van der Waals surface area contributed by atoms with E-state index in [0.29, 0.717) is 17.8 Å². The lowest BCUT2D eigenvalue weighted by molar-refractivity contribution is -0.122. The van der Waals surface area contributed by atoms with E-state index in [0.717, 1.165) is 18.3 Å². The van der Waals surface area contributed by atoms with Gasteiger partial charge in [-0.15, -0.1) is 0 Å². The number of nitrogens with two attached hydrogens (primary N) is 1. The van der Waals surface area contributed by atoms with Crippen LogP contribution in [0.4, 0.5) is 0 Å². The van der Waals surface area contributed by atoms with Crippen molar-refractivity contribution in [3.8, 4) is 0 Å². The molecule has 0 saturated heterocycles. The van der Waals surface area contributed by atoms with E-state index in [1.165, 1.54) is 19.3 Å². The van der Waals surface area contributed by atoms with Crippen molar-refractivity contribution in [1.29, 1.82) is 0 Å². The van der Waals surface area contributed by atoms with Crippen molar-refractivity contribution in [3.05, 3.63) is 0 Å². The first kappa shape index (κ1) is 12.1. The van der Waals surface area contributed by atoms with Gasteiger partial charge in [-0.2, -0.15) is 0 Å². The second-order valence-corrected chi connectivity index (χ2v) is 6.45. The Morgan fingerprint density at radius 1 is 1.31 bits per heavy atom. The minimum Gasteiger partial charge on any atom is -0.322 e. The summed E-state index contributed by atoms with van der Waals surface area (Å²) in [6, 6.07) is -0.199. The van der Waals surface area contributed by atoms with Crippen LogP contribution in [0.1, 0.15) is 52.9 Å². The largest absolute Gasteiger partial charge is 0.322 e. The molecule has 3 saturated carbocycles. The number of carbonyl (C=O) groups is 1. The summed E-state index contributed by atoms with van der Waals surface area (Å²) in [6.07, 6.45) is 5.53. The van der Waals surface area contributed by atoms with Crippen LogP contribution in [0.25, 0.3) is 0 Å². The van der Waals surface area contributed by atoms with Crippen LogP contribution in [0, 0.1) is 23.2 Å². The number of hydrogen-bond acceptors (Lipinski definition) is 2. The summed E-state index contributed by atoms with van der Waals surface area (Å²) >= 11 is 0. The summed E-state index contributed by atoms with van der Waals surface area (Å²) in [5.74, 6) is 2.72. The monoisotopic (exact) mass is 223 g/mol. The minimum absolute atomic E-state index is 0.199. The number of ketones is 1. The number of carbonyl (C=O) groups excluding carboxylic acids is 1. The molecule has 0 aliphatic heterocycles. The fourth-order valence-corrected chi connectivity index (χ4v) is 3.77. The van der Waals surface area contributed by atoms with Crippen molar-refractivity contribution in [1.82, 2.24) is 0 Å². The molecule has 0 radical (unpaired) electrons. The lowest BCUT2D eigenvalue weighted by atomic mass is 9.46. The van der Waals surface area contributed by atoms with Crippen LogP contribution in [0.3, 0.4) is 0 Å². The Bertz CT molecular complexity index is 270. The second-order valence-electron chi connectivity index (χ2n) is 6.45. The van der Waals surface area contributed by atoms with E-state index in [1.54, 1.807) is 0 Å². The van der Waals surface area contributed by atoms with Crippen LogP contribution in [-0.4, -0.2) is 11.8 Å². The number of rotatable bonds is 4. The number of fused-ring (bicyclic) bond motifs is 2. The molecule has 2 N–H and O–H groups in total. The van der Waals surface area contributed by atoms with Crippen LogP contribution in [0.5, 0.6) is 0 Å². The van der Waals surface area contributed by atoms with E-state index in [1.807, 2.05) is 6.92 Å². The number of Topliss-reactive ketones (excluding diaryl/α,β-unsaturated/α-hetero) is 1. The van der Waals surface area contributed by atoms with Gasteiger partial charge in [0, 0.05) is 6.42 Å². The summed E-state index contributed by atoms with van der Waals surface area (Å²) < 4.78 is 0. The van der Waals surface area contributed by atoms with Gasteiger partial charge in [-0.25, -0.2) is 0 Å². The van der Waals surface area contributed by atoms with Crippen LogP contribution in [-0.2, 0) is 4.79 Å². The Hall–Kier alpha value is -0.370. The highest BCUT2D eigenvalue weighted by Gasteiger charge is 2.52. The van der Waals surface area contributed by atoms with Crippen molar-refractivity contribution in [2.45, 2.75) is 58.9 Å². The van der Waals surface area contributed by atoms with Crippen molar-refractivity contribution in [2.75, 3.05) is 0 Å². The minimum atomic E-state index is -0.199. The molecule has 92 valence electrons. The van der Waals surface area contributed by atoms with E-state index < -0.39 is 0 Å². The molecule has 2 nitrogen and oxygen atoms in total. The van der Waals surface area contributed by atoms with Crippen molar-refractivity contribution in [3.63, 3.8) is 0 Å². The van der Waals surface area contributed by atoms with E-state index in [2.05, 4.69) is 13.8 Å². The quantitative estimate of drug-likeness (QED) is 0.796. The van der Waals surface area contributed by atoms with Gasteiger partial charge in [0.15, 0.2) is 0 Å². The van der Waals surface area contributed by atoms with Crippen molar-refractivity contribution in [2.24, 2.45) is 28.9 Å².